The minimum Gasteiger partial charge on any atom is -0.494 e. The van der Waals surface area contributed by atoms with Gasteiger partial charge in [0.25, 0.3) is 0 Å². The second-order valence-corrected chi connectivity index (χ2v) is 6.11. The lowest BCUT2D eigenvalue weighted by Gasteiger charge is -2.08. The summed E-state index contributed by atoms with van der Waals surface area (Å²) in [6, 6.07) is 16.1. The molecule has 0 unspecified atom stereocenters. The Labute approximate surface area is 145 Å². The monoisotopic (exact) mass is 325 g/mol. The number of anilines is 1. The molecule has 0 heterocycles. The normalized spacial score (nSPS) is 10.4. The summed E-state index contributed by atoms with van der Waals surface area (Å²) in [5.41, 5.74) is 3.39. The van der Waals surface area contributed by atoms with Crippen molar-refractivity contribution in [1.82, 2.24) is 0 Å². The number of amides is 1. The van der Waals surface area contributed by atoms with Gasteiger partial charge in [-0.2, -0.15) is 0 Å². The van der Waals surface area contributed by atoms with Crippen molar-refractivity contribution >= 4 is 11.6 Å². The topological polar surface area (TPSA) is 38.3 Å². The first-order valence-electron chi connectivity index (χ1n) is 8.75. The van der Waals surface area contributed by atoms with Crippen molar-refractivity contribution in [2.75, 3.05) is 11.9 Å². The molecule has 0 radical (unpaired) electrons. The van der Waals surface area contributed by atoms with Crippen molar-refractivity contribution in [3.63, 3.8) is 0 Å². The molecular weight excluding hydrogens is 298 g/mol. The van der Waals surface area contributed by atoms with E-state index in [-0.39, 0.29) is 5.91 Å². The maximum atomic E-state index is 12.0. The molecule has 0 atom stereocenters. The number of hydrogen-bond donors (Lipinski definition) is 1. The minimum atomic E-state index is 0.0313. The summed E-state index contributed by atoms with van der Waals surface area (Å²) >= 11 is 0. The van der Waals surface area contributed by atoms with Crippen LogP contribution in [0.25, 0.3) is 0 Å². The van der Waals surface area contributed by atoms with Crippen LogP contribution in [0.5, 0.6) is 5.75 Å². The number of benzene rings is 2. The van der Waals surface area contributed by atoms with E-state index in [9.17, 15) is 4.79 Å². The van der Waals surface area contributed by atoms with Gasteiger partial charge in [-0.3, -0.25) is 4.79 Å². The summed E-state index contributed by atoms with van der Waals surface area (Å²) in [6.45, 7) is 4.79. The number of nitrogens with one attached hydrogen (secondary N) is 1. The molecule has 2 rings (SSSR count). The highest BCUT2D eigenvalue weighted by molar-refractivity contribution is 5.90. The predicted octanol–water partition coefficient (Wildman–Crippen LogP) is 5.14. The number of ether oxygens (including phenoxy) is 1. The zero-order chi connectivity index (χ0) is 17.2. The van der Waals surface area contributed by atoms with Gasteiger partial charge in [0.15, 0.2) is 0 Å². The van der Waals surface area contributed by atoms with E-state index < -0.39 is 0 Å². The molecule has 1 amide bonds. The third-order valence-electron chi connectivity index (χ3n) is 3.89. The van der Waals surface area contributed by atoms with Crippen molar-refractivity contribution in [2.24, 2.45) is 0 Å². The lowest BCUT2D eigenvalue weighted by molar-refractivity contribution is -0.116. The summed E-state index contributed by atoms with van der Waals surface area (Å²) in [4.78, 5) is 12.0. The van der Waals surface area contributed by atoms with Crippen molar-refractivity contribution in [1.29, 1.82) is 0 Å². The fraction of sp³-hybridized carbons (Fsp3) is 0.381. The maximum Gasteiger partial charge on any atom is 0.224 e. The zero-order valence-corrected chi connectivity index (χ0v) is 14.7. The first-order valence-corrected chi connectivity index (χ1v) is 8.75. The van der Waals surface area contributed by atoms with Crippen molar-refractivity contribution in [2.45, 2.75) is 46.0 Å². The van der Waals surface area contributed by atoms with Gasteiger partial charge in [0.2, 0.25) is 5.91 Å². The first kappa shape index (κ1) is 18.1. The molecule has 2 aromatic rings. The molecule has 2 aromatic carbocycles. The van der Waals surface area contributed by atoms with Crippen molar-refractivity contribution < 1.29 is 9.53 Å². The van der Waals surface area contributed by atoms with Crippen LogP contribution in [0.2, 0.25) is 0 Å². The Bertz CT molecular complexity index is 617. The average Bonchev–Trinajstić information content (AvgIpc) is 2.60. The molecular formula is C21H27NO2. The lowest BCUT2D eigenvalue weighted by Crippen LogP contribution is -2.12. The molecule has 24 heavy (non-hydrogen) atoms. The summed E-state index contributed by atoms with van der Waals surface area (Å²) < 4.78 is 5.63. The van der Waals surface area contributed by atoms with Crippen LogP contribution in [-0.2, 0) is 11.2 Å². The minimum absolute atomic E-state index is 0.0313. The van der Waals surface area contributed by atoms with Gasteiger partial charge in [0.1, 0.15) is 5.75 Å². The fourth-order valence-electron chi connectivity index (χ4n) is 2.42. The Kier molecular flexibility index (Phi) is 7.34. The summed E-state index contributed by atoms with van der Waals surface area (Å²) in [6.07, 6.45) is 4.66. The van der Waals surface area contributed by atoms with E-state index in [0.717, 1.165) is 17.9 Å². The quantitative estimate of drug-likeness (QED) is 0.649. The number of unbranched alkanes of at least 4 members (excludes halogenated alkanes) is 1. The fourth-order valence-corrected chi connectivity index (χ4v) is 2.42. The van der Waals surface area contributed by atoms with Gasteiger partial charge in [-0.1, -0.05) is 43.2 Å². The molecule has 0 aliphatic carbocycles. The third kappa shape index (κ3) is 6.45. The molecule has 0 aromatic heterocycles. The Morgan fingerprint density at radius 3 is 2.38 bits per heavy atom. The highest BCUT2D eigenvalue weighted by atomic mass is 16.5. The van der Waals surface area contributed by atoms with Gasteiger partial charge in [0, 0.05) is 12.1 Å². The van der Waals surface area contributed by atoms with Crippen LogP contribution in [0.15, 0.2) is 48.5 Å². The molecule has 1 N–H and O–H groups in total. The molecule has 0 saturated carbocycles. The van der Waals surface area contributed by atoms with E-state index in [1.807, 2.05) is 43.3 Å². The van der Waals surface area contributed by atoms with Gasteiger partial charge in [0.05, 0.1) is 6.61 Å². The first-order chi connectivity index (χ1) is 11.7. The second kappa shape index (κ2) is 9.76. The smallest absolute Gasteiger partial charge is 0.224 e. The SMILES string of the molecule is CCCCc1ccc(NC(=O)CCCOc2ccc(C)cc2)cc1. The molecule has 0 spiro atoms. The lowest BCUT2D eigenvalue weighted by atomic mass is 10.1. The summed E-state index contributed by atoms with van der Waals surface area (Å²) in [5, 5.41) is 2.94. The van der Waals surface area contributed by atoms with Gasteiger partial charge in [-0.25, -0.2) is 0 Å². The number of hydrogen-bond acceptors (Lipinski definition) is 2. The van der Waals surface area contributed by atoms with E-state index in [4.69, 9.17) is 4.74 Å². The van der Waals surface area contributed by atoms with Gasteiger partial charge >= 0.3 is 0 Å². The van der Waals surface area contributed by atoms with E-state index in [2.05, 4.69) is 24.4 Å². The van der Waals surface area contributed by atoms with Gasteiger partial charge in [-0.05, 0) is 56.0 Å². The van der Waals surface area contributed by atoms with Crippen LogP contribution in [0.1, 0.15) is 43.7 Å². The molecule has 0 aliphatic rings. The number of carbonyl (C=O) groups excluding carboxylic acids is 1. The van der Waals surface area contributed by atoms with Crippen molar-refractivity contribution in [3.8, 4) is 5.75 Å². The van der Waals surface area contributed by atoms with Gasteiger partial charge < -0.3 is 10.1 Å². The van der Waals surface area contributed by atoms with Crippen LogP contribution in [-0.4, -0.2) is 12.5 Å². The Hall–Kier alpha value is -2.29. The van der Waals surface area contributed by atoms with E-state index in [1.165, 1.54) is 24.0 Å². The predicted molar refractivity (Wildman–Crippen MR) is 99.6 cm³/mol. The maximum absolute atomic E-state index is 12.0. The third-order valence-corrected chi connectivity index (χ3v) is 3.89. The molecule has 0 bridgehead atoms. The molecule has 0 saturated heterocycles. The number of rotatable bonds is 9. The molecule has 3 nitrogen and oxygen atoms in total. The summed E-state index contributed by atoms with van der Waals surface area (Å²) in [5.74, 6) is 0.882. The van der Waals surface area contributed by atoms with Crippen LogP contribution >= 0.6 is 0 Å². The van der Waals surface area contributed by atoms with E-state index >= 15 is 0 Å². The van der Waals surface area contributed by atoms with E-state index in [0.29, 0.717) is 19.4 Å². The number of carbonyl (C=O) groups is 1. The van der Waals surface area contributed by atoms with Gasteiger partial charge in [-0.15, -0.1) is 0 Å². The van der Waals surface area contributed by atoms with Crippen LogP contribution in [0.3, 0.4) is 0 Å². The summed E-state index contributed by atoms with van der Waals surface area (Å²) in [7, 11) is 0. The highest BCUT2D eigenvalue weighted by Gasteiger charge is 2.03. The standard InChI is InChI=1S/C21H27NO2/c1-3-4-6-18-10-12-19(13-11-18)22-21(23)7-5-16-24-20-14-8-17(2)9-15-20/h8-15H,3-7,16H2,1-2H3,(H,22,23). The Balaban J connectivity index is 1.66. The van der Waals surface area contributed by atoms with E-state index in [1.54, 1.807) is 0 Å². The van der Waals surface area contributed by atoms with Crippen LogP contribution in [0, 0.1) is 6.92 Å². The molecule has 0 fully saturated rings. The highest BCUT2D eigenvalue weighted by Crippen LogP contribution is 2.13. The Morgan fingerprint density at radius 2 is 1.71 bits per heavy atom. The van der Waals surface area contributed by atoms with Crippen LogP contribution < -0.4 is 10.1 Å². The molecule has 128 valence electrons. The zero-order valence-electron chi connectivity index (χ0n) is 14.7. The second-order valence-electron chi connectivity index (χ2n) is 6.11. The molecule has 0 aliphatic heterocycles. The molecule has 3 heteroatoms. The number of aryl methyl sites for hydroxylation is 2. The van der Waals surface area contributed by atoms with Crippen molar-refractivity contribution in [3.05, 3.63) is 59.7 Å². The largest absolute Gasteiger partial charge is 0.494 e. The van der Waals surface area contributed by atoms with Crippen LogP contribution in [0.4, 0.5) is 5.69 Å². The Morgan fingerprint density at radius 1 is 1.00 bits per heavy atom. The average molecular weight is 325 g/mol.